The number of allylic oxidation sites excluding steroid dienone is 18. The Morgan fingerprint density at radius 3 is 0.867 bits per heavy atom. The molecule has 10 heteroatoms. The summed E-state index contributed by atoms with van der Waals surface area (Å²) in [4.78, 5) is 38.2. The summed E-state index contributed by atoms with van der Waals surface area (Å²) in [5.74, 6) is -0.818. The number of hydrogen-bond acceptors (Lipinski definition) is 8. The van der Waals surface area contributed by atoms with Gasteiger partial charge in [0.2, 0.25) is 0 Å². The average Bonchev–Trinajstić information content (AvgIpc) is 1.08. The predicted molar refractivity (Wildman–Crippen MR) is 425 cm³/mol. The molecule has 9 nitrogen and oxygen atoms in total. The van der Waals surface area contributed by atoms with E-state index in [9.17, 15) is 19.0 Å². The molecule has 0 saturated heterocycles. The van der Waals surface area contributed by atoms with Crippen LogP contribution in [0.4, 0.5) is 0 Å². The van der Waals surface area contributed by atoms with Crippen LogP contribution in [0.2, 0.25) is 0 Å². The summed E-state index contributed by atoms with van der Waals surface area (Å²) in [7, 11) is 1.18. The van der Waals surface area contributed by atoms with E-state index >= 15 is 0 Å². The molecule has 0 aliphatic carbocycles. The SMILES string of the molecule is CC/C=C\C/C=C\C/C=C\C/C=C\C/C=C\C/C=C\C/C=C\CCCCCCCCCCCCCCCCCC(=O)OC(COC(=O)CCCCCCCCCCCCCCCCCCCCCCCCCCC/C=C\C/C=C\CCCCCCC)COP(=O)([O-])OCC[N+](C)(C)C. The lowest BCUT2D eigenvalue weighted by atomic mass is 10.0. The Labute approximate surface area is 607 Å². The first-order valence-corrected chi connectivity index (χ1v) is 43.1. The number of carbonyl (C=O) groups is 2. The van der Waals surface area contributed by atoms with Gasteiger partial charge in [-0.3, -0.25) is 14.2 Å². The number of likely N-dealkylation sites (N-methyl/N-ethyl adjacent to an activating group) is 1. The highest BCUT2D eigenvalue weighted by molar-refractivity contribution is 7.45. The first kappa shape index (κ1) is 94.7. The Kier molecular flexibility index (Phi) is 75.2. The Morgan fingerprint density at radius 2 is 0.582 bits per heavy atom. The second-order valence-electron chi connectivity index (χ2n) is 29.1. The summed E-state index contributed by atoms with van der Waals surface area (Å²) >= 11 is 0. The maximum atomic E-state index is 12.9. The summed E-state index contributed by atoms with van der Waals surface area (Å²) in [6.07, 6.45) is 111. The number of ether oxygens (including phenoxy) is 2. The van der Waals surface area contributed by atoms with Gasteiger partial charge >= 0.3 is 11.9 Å². The highest BCUT2D eigenvalue weighted by Crippen LogP contribution is 2.38. The molecule has 0 radical (unpaired) electrons. The van der Waals surface area contributed by atoms with Crippen molar-refractivity contribution in [2.24, 2.45) is 0 Å². The number of hydrogen-bond donors (Lipinski definition) is 0. The lowest BCUT2D eigenvalue weighted by molar-refractivity contribution is -0.870. The average molecular weight is 1390 g/mol. The molecule has 0 aliphatic heterocycles. The van der Waals surface area contributed by atoms with Gasteiger partial charge in [0.05, 0.1) is 27.7 Å². The third-order valence-corrected chi connectivity index (χ3v) is 19.2. The Morgan fingerprint density at radius 1 is 0.327 bits per heavy atom. The maximum Gasteiger partial charge on any atom is 0.306 e. The Hall–Kier alpha value is -3.33. The van der Waals surface area contributed by atoms with Gasteiger partial charge in [0.1, 0.15) is 19.8 Å². The zero-order valence-corrected chi connectivity index (χ0v) is 65.9. The lowest BCUT2D eigenvalue weighted by Crippen LogP contribution is -2.37. The van der Waals surface area contributed by atoms with E-state index < -0.39 is 26.5 Å². The minimum Gasteiger partial charge on any atom is -0.756 e. The van der Waals surface area contributed by atoms with E-state index in [1.165, 1.54) is 263 Å². The lowest BCUT2D eigenvalue weighted by Gasteiger charge is -2.28. The number of quaternary nitrogens is 1. The van der Waals surface area contributed by atoms with Crippen molar-refractivity contribution in [3.05, 3.63) is 109 Å². The van der Waals surface area contributed by atoms with Crippen LogP contribution in [0.1, 0.15) is 386 Å². The molecule has 0 rings (SSSR count). The fourth-order valence-corrected chi connectivity index (χ4v) is 12.7. The van der Waals surface area contributed by atoms with Crippen LogP contribution < -0.4 is 4.89 Å². The summed E-state index contributed by atoms with van der Waals surface area (Å²) < 4.78 is 34.4. The van der Waals surface area contributed by atoms with Crippen molar-refractivity contribution in [1.29, 1.82) is 0 Å². The molecule has 0 N–H and O–H groups in total. The fraction of sp³-hybridized carbons (Fsp3) is 0.773. The van der Waals surface area contributed by atoms with Crippen LogP contribution in [0.15, 0.2) is 109 Å². The molecule has 2 atom stereocenters. The maximum absolute atomic E-state index is 12.9. The minimum atomic E-state index is -4.65. The van der Waals surface area contributed by atoms with Gasteiger partial charge in [0.15, 0.2) is 6.10 Å². The molecule has 0 aliphatic rings. The van der Waals surface area contributed by atoms with Crippen LogP contribution in [-0.4, -0.2) is 70.0 Å². The number of carbonyl (C=O) groups excluding carboxylic acids is 2. The highest BCUT2D eigenvalue weighted by Gasteiger charge is 2.22. The summed E-state index contributed by atoms with van der Waals surface area (Å²) in [6, 6.07) is 0. The molecule has 0 saturated carbocycles. The van der Waals surface area contributed by atoms with Crippen molar-refractivity contribution < 1.29 is 42.1 Å². The predicted octanol–water partition coefficient (Wildman–Crippen LogP) is 27.3. The standard InChI is InChI=1S/C88H158NO8P/c1-6-8-10-12-14-16-18-20-22-24-26-28-30-32-34-36-38-40-42-44-46-48-50-52-54-56-58-60-62-64-66-68-70-72-74-76-78-80-87(90)94-84-86(85-96-98(92,93)95-83-82-89(3,4)5)97-88(91)81-79-77-75-73-71-69-67-65-63-61-59-57-55-53-51-49-47-45-43-41-39-37-35-33-31-29-27-25-23-21-19-17-15-13-11-9-7-2/h9,11,15,17-18,20-21,23-24,26-27,29,33,35,39,41,45,47,86H,6-8,10,12-14,16,19,22,25,28,30-32,34,36-38,40,42-44,46,48-85H2,1-5H3/b11-9-,17-15-,20-18-,23-21-,26-24-,29-27-,35-33-,41-39-,47-45-. The van der Waals surface area contributed by atoms with Crippen molar-refractivity contribution in [2.45, 2.75) is 392 Å². The minimum absolute atomic E-state index is 0.0319. The molecule has 2 unspecified atom stereocenters. The van der Waals surface area contributed by atoms with Crippen molar-refractivity contribution in [1.82, 2.24) is 0 Å². The van der Waals surface area contributed by atoms with Gasteiger partial charge in [-0.1, -0.05) is 380 Å². The van der Waals surface area contributed by atoms with Crippen molar-refractivity contribution in [3.8, 4) is 0 Å². The second-order valence-corrected chi connectivity index (χ2v) is 30.5. The van der Waals surface area contributed by atoms with Gasteiger partial charge in [0, 0.05) is 12.8 Å². The molecule has 0 heterocycles. The largest absolute Gasteiger partial charge is 0.756 e. The smallest absolute Gasteiger partial charge is 0.306 e. The first-order valence-electron chi connectivity index (χ1n) is 41.6. The normalized spacial score (nSPS) is 13.6. The van der Waals surface area contributed by atoms with Crippen LogP contribution >= 0.6 is 7.82 Å². The number of phosphoric ester groups is 1. The van der Waals surface area contributed by atoms with Crippen LogP contribution in [0.5, 0.6) is 0 Å². The van der Waals surface area contributed by atoms with Gasteiger partial charge in [-0.05, 0) is 103 Å². The van der Waals surface area contributed by atoms with Gasteiger partial charge in [-0.2, -0.15) is 0 Å². The van der Waals surface area contributed by atoms with Crippen LogP contribution in [0.25, 0.3) is 0 Å². The molecule has 0 aromatic rings. The van der Waals surface area contributed by atoms with Crippen molar-refractivity contribution in [2.75, 3.05) is 47.5 Å². The molecule has 0 bridgehead atoms. The summed E-state index contributed by atoms with van der Waals surface area (Å²) in [5.41, 5.74) is 0. The fourth-order valence-electron chi connectivity index (χ4n) is 12.0. The molecular weight excluding hydrogens is 1230 g/mol. The van der Waals surface area contributed by atoms with E-state index in [1.54, 1.807) is 0 Å². The van der Waals surface area contributed by atoms with E-state index in [0.717, 1.165) is 89.9 Å². The Bertz CT molecular complexity index is 2030. The monoisotopic (exact) mass is 1390 g/mol. The molecule has 98 heavy (non-hydrogen) atoms. The quantitative estimate of drug-likeness (QED) is 0.0195. The van der Waals surface area contributed by atoms with Gasteiger partial charge < -0.3 is 27.9 Å². The molecule has 0 spiro atoms. The zero-order chi connectivity index (χ0) is 71.1. The number of rotatable bonds is 77. The molecule has 0 amide bonds. The van der Waals surface area contributed by atoms with E-state index in [-0.39, 0.29) is 32.0 Å². The van der Waals surface area contributed by atoms with E-state index in [0.29, 0.717) is 17.4 Å². The van der Waals surface area contributed by atoms with E-state index in [4.69, 9.17) is 18.5 Å². The number of nitrogens with zero attached hydrogens (tertiary/aromatic N) is 1. The van der Waals surface area contributed by atoms with Crippen molar-refractivity contribution in [3.63, 3.8) is 0 Å². The third kappa shape index (κ3) is 81.6. The van der Waals surface area contributed by atoms with Gasteiger partial charge in [-0.25, -0.2) is 0 Å². The molecule has 0 aromatic heterocycles. The number of unbranched alkanes of at least 4 members (excludes halogenated alkanes) is 45. The Balaban J connectivity index is 3.93. The molecule has 0 aromatic carbocycles. The summed E-state index contributed by atoms with van der Waals surface area (Å²) in [5, 5.41) is 0. The number of esters is 2. The molecular formula is C88H158NO8P. The topological polar surface area (TPSA) is 111 Å². The molecule has 568 valence electrons. The van der Waals surface area contributed by atoms with Gasteiger partial charge in [-0.15, -0.1) is 0 Å². The second kappa shape index (κ2) is 77.8. The zero-order valence-electron chi connectivity index (χ0n) is 65.0. The van der Waals surface area contributed by atoms with E-state index in [2.05, 4.69) is 123 Å². The number of phosphoric acid groups is 1. The van der Waals surface area contributed by atoms with Crippen LogP contribution in [-0.2, 0) is 32.7 Å². The highest BCUT2D eigenvalue weighted by atomic mass is 31.2. The third-order valence-electron chi connectivity index (χ3n) is 18.3. The summed E-state index contributed by atoms with van der Waals surface area (Å²) in [6.45, 7) is 4.16. The van der Waals surface area contributed by atoms with Crippen molar-refractivity contribution >= 4 is 19.8 Å². The van der Waals surface area contributed by atoms with Crippen LogP contribution in [0.3, 0.4) is 0 Å². The van der Waals surface area contributed by atoms with E-state index in [1.807, 2.05) is 21.1 Å². The van der Waals surface area contributed by atoms with Crippen LogP contribution in [0, 0.1) is 0 Å². The first-order chi connectivity index (χ1) is 48.0. The molecule has 0 fully saturated rings. The van der Waals surface area contributed by atoms with Gasteiger partial charge in [0.25, 0.3) is 7.82 Å².